The molecular formula is C13H9N3O3. The molecule has 2 heterocycles. The number of aromatic nitrogens is 3. The van der Waals surface area contributed by atoms with Gasteiger partial charge in [0.2, 0.25) is 0 Å². The van der Waals surface area contributed by atoms with Gasteiger partial charge in [-0.1, -0.05) is 0 Å². The third-order valence-electron chi connectivity index (χ3n) is 2.78. The van der Waals surface area contributed by atoms with E-state index in [1.807, 2.05) is 0 Å². The van der Waals surface area contributed by atoms with Crippen molar-refractivity contribution in [3.05, 3.63) is 48.2 Å². The molecule has 0 fully saturated rings. The number of fused-ring (bicyclic) bond motifs is 1. The summed E-state index contributed by atoms with van der Waals surface area (Å²) in [6.07, 6.45) is 1.61. The topological polar surface area (TPSA) is 87.7 Å². The van der Waals surface area contributed by atoms with Gasteiger partial charge in [-0.05, 0) is 36.4 Å². The molecule has 19 heavy (non-hydrogen) atoms. The summed E-state index contributed by atoms with van der Waals surface area (Å²) >= 11 is 0. The van der Waals surface area contributed by atoms with Crippen LogP contribution in [0, 0.1) is 0 Å². The van der Waals surface area contributed by atoms with Crippen molar-refractivity contribution in [2.75, 3.05) is 0 Å². The third-order valence-corrected chi connectivity index (χ3v) is 2.78. The van der Waals surface area contributed by atoms with Gasteiger partial charge in [-0.3, -0.25) is 4.40 Å². The van der Waals surface area contributed by atoms with Crippen LogP contribution in [0.5, 0.6) is 5.75 Å². The van der Waals surface area contributed by atoms with E-state index in [0.717, 1.165) is 5.56 Å². The number of carbonyl (C=O) groups is 1. The molecule has 3 rings (SSSR count). The Labute approximate surface area is 107 Å². The van der Waals surface area contributed by atoms with Gasteiger partial charge in [0, 0.05) is 11.8 Å². The Bertz CT molecular complexity index is 762. The lowest BCUT2D eigenvalue weighted by Crippen LogP contribution is -1.98. The van der Waals surface area contributed by atoms with Crippen LogP contribution in [0.3, 0.4) is 0 Å². The van der Waals surface area contributed by atoms with Crippen molar-refractivity contribution in [1.82, 2.24) is 14.6 Å². The second kappa shape index (κ2) is 4.09. The predicted molar refractivity (Wildman–Crippen MR) is 67.0 cm³/mol. The number of hydrogen-bond donors (Lipinski definition) is 2. The Balaban J connectivity index is 2.15. The molecule has 0 aliphatic heterocycles. The first-order valence-corrected chi connectivity index (χ1v) is 5.52. The van der Waals surface area contributed by atoms with Crippen LogP contribution in [-0.4, -0.2) is 30.8 Å². The van der Waals surface area contributed by atoms with E-state index in [2.05, 4.69) is 10.2 Å². The fraction of sp³-hybridized carbons (Fsp3) is 0. The van der Waals surface area contributed by atoms with Gasteiger partial charge in [0.25, 0.3) is 0 Å². The first-order valence-electron chi connectivity index (χ1n) is 5.52. The largest absolute Gasteiger partial charge is 0.508 e. The van der Waals surface area contributed by atoms with Gasteiger partial charge < -0.3 is 10.2 Å². The minimum Gasteiger partial charge on any atom is -0.508 e. The van der Waals surface area contributed by atoms with E-state index in [0.29, 0.717) is 11.5 Å². The highest BCUT2D eigenvalue weighted by atomic mass is 16.4. The zero-order chi connectivity index (χ0) is 13.4. The summed E-state index contributed by atoms with van der Waals surface area (Å²) in [5, 5.41) is 26.2. The van der Waals surface area contributed by atoms with E-state index in [1.54, 1.807) is 34.9 Å². The van der Waals surface area contributed by atoms with Gasteiger partial charge >= 0.3 is 5.97 Å². The molecule has 6 nitrogen and oxygen atoms in total. The molecule has 0 radical (unpaired) electrons. The number of benzene rings is 1. The van der Waals surface area contributed by atoms with E-state index in [-0.39, 0.29) is 11.3 Å². The van der Waals surface area contributed by atoms with Crippen molar-refractivity contribution >= 4 is 11.6 Å². The molecule has 0 aliphatic rings. The number of aromatic carboxylic acids is 1. The van der Waals surface area contributed by atoms with E-state index in [4.69, 9.17) is 5.11 Å². The van der Waals surface area contributed by atoms with Crippen LogP contribution in [0.15, 0.2) is 42.6 Å². The van der Waals surface area contributed by atoms with E-state index in [9.17, 15) is 9.90 Å². The maximum Gasteiger partial charge on any atom is 0.335 e. The molecule has 6 heteroatoms. The summed E-state index contributed by atoms with van der Waals surface area (Å²) in [6.45, 7) is 0. The summed E-state index contributed by atoms with van der Waals surface area (Å²) in [5.41, 5.74) is 1.41. The van der Waals surface area contributed by atoms with Gasteiger partial charge in [0.15, 0.2) is 11.5 Å². The van der Waals surface area contributed by atoms with Crippen LogP contribution in [-0.2, 0) is 0 Å². The molecule has 2 aromatic heterocycles. The number of rotatable bonds is 2. The van der Waals surface area contributed by atoms with Crippen molar-refractivity contribution in [3.8, 4) is 17.1 Å². The van der Waals surface area contributed by atoms with Crippen molar-refractivity contribution in [1.29, 1.82) is 0 Å². The van der Waals surface area contributed by atoms with Gasteiger partial charge in [-0.25, -0.2) is 4.79 Å². The lowest BCUT2D eigenvalue weighted by Gasteiger charge is -2.01. The van der Waals surface area contributed by atoms with Gasteiger partial charge in [0.05, 0.1) is 5.56 Å². The summed E-state index contributed by atoms with van der Waals surface area (Å²) in [6, 6.07) is 9.50. The number of carboxylic acid groups (broad SMARTS) is 1. The summed E-state index contributed by atoms with van der Waals surface area (Å²) < 4.78 is 1.69. The highest BCUT2D eigenvalue weighted by Gasteiger charge is 2.10. The minimum atomic E-state index is -1.00. The number of phenolic OH excluding ortho intramolecular Hbond substituents is 1. The second-order valence-corrected chi connectivity index (χ2v) is 4.02. The van der Waals surface area contributed by atoms with Crippen LogP contribution in [0.4, 0.5) is 0 Å². The highest BCUT2D eigenvalue weighted by molar-refractivity contribution is 5.88. The number of hydrogen-bond acceptors (Lipinski definition) is 4. The Morgan fingerprint density at radius 1 is 1.11 bits per heavy atom. The van der Waals surface area contributed by atoms with Gasteiger partial charge in [-0.2, -0.15) is 0 Å². The highest BCUT2D eigenvalue weighted by Crippen LogP contribution is 2.21. The maximum absolute atomic E-state index is 10.9. The molecule has 0 spiro atoms. The van der Waals surface area contributed by atoms with E-state index < -0.39 is 5.97 Å². The Kier molecular flexibility index (Phi) is 2.42. The summed E-state index contributed by atoms with van der Waals surface area (Å²) in [7, 11) is 0. The Hall–Kier alpha value is -2.89. The lowest BCUT2D eigenvalue weighted by molar-refractivity contribution is 0.0697. The zero-order valence-corrected chi connectivity index (χ0v) is 9.69. The van der Waals surface area contributed by atoms with Gasteiger partial charge in [0.1, 0.15) is 5.75 Å². The Morgan fingerprint density at radius 2 is 1.84 bits per heavy atom. The summed E-state index contributed by atoms with van der Waals surface area (Å²) in [5.74, 6) is -0.241. The molecule has 0 unspecified atom stereocenters. The smallest absolute Gasteiger partial charge is 0.335 e. The number of phenols is 1. The average Bonchev–Trinajstić information content (AvgIpc) is 2.82. The van der Waals surface area contributed by atoms with Crippen molar-refractivity contribution in [3.63, 3.8) is 0 Å². The van der Waals surface area contributed by atoms with Crippen molar-refractivity contribution < 1.29 is 15.0 Å². The SMILES string of the molecule is O=C(O)c1ccn2c(-c3ccc(O)cc3)nnc2c1. The molecule has 0 atom stereocenters. The van der Waals surface area contributed by atoms with Crippen LogP contribution in [0.1, 0.15) is 10.4 Å². The quantitative estimate of drug-likeness (QED) is 0.729. The third kappa shape index (κ3) is 1.89. The fourth-order valence-electron chi connectivity index (χ4n) is 1.83. The number of aromatic hydroxyl groups is 1. The molecule has 0 bridgehead atoms. The minimum absolute atomic E-state index is 0.164. The molecule has 0 aliphatic carbocycles. The fourth-order valence-corrected chi connectivity index (χ4v) is 1.83. The predicted octanol–water partition coefficient (Wildman–Crippen LogP) is 1.80. The molecule has 94 valence electrons. The summed E-state index contributed by atoms with van der Waals surface area (Å²) in [4.78, 5) is 10.9. The molecule has 2 N–H and O–H groups in total. The molecule has 0 saturated carbocycles. The first-order chi connectivity index (χ1) is 9.15. The van der Waals surface area contributed by atoms with Crippen LogP contribution >= 0.6 is 0 Å². The second-order valence-electron chi connectivity index (χ2n) is 4.02. The first kappa shape index (κ1) is 11.2. The number of pyridine rings is 1. The number of carboxylic acids is 1. The molecular weight excluding hydrogens is 246 g/mol. The molecule has 0 amide bonds. The van der Waals surface area contributed by atoms with Crippen molar-refractivity contribution in [2.24, 2.45) is 0 Å². The zero-order valence-electron chi connectivity index (χ0n) is 9.69. The van der Waals surface area contributed by atoms with Crippen LogP contribution in [0.25, 0.3) is 17.0 Å². The van der Waals surface area contributed by atoms with Crippen LogP contribution in [0.2, 0.25) is 0 Å². The van der Waals surface area contributed by atoms with E-state index in [1.165, 1.54) is 12.1 Å². The monoisotopic (exact) mass is 255 g/mol. The van der Waals surface area contributed by atoms with Crippen LogP contribution < -0.4 is 0 Å². The number of nitrogens with zero attached hydrogens (tertiary/aromatic N) is 3. The van der Waals surface area contributed by atoms with Gasteiger partial charge in [-0.15, -0.1) is 10.2 Å². The normalized spacial score (nSPS) is 10.7. The molecule has 1 aromatic carbocycles. The Morgan fingerprint density at radius 3 is 2.53 bits per heavy atom. The standard InChI is InChI=1S/C13H9N3O3/c17-10-3-1-8(2-4-10)12-15-14-11-7-9(13(18)19)5-6-16(11)12/h1-7,17H,(H,18,19). The van der Waals surface area contributed by atoms with E-state index >= 15 is 0 Å². The maximum atomic E-state index is 10.9. The average molecular weight is 255 g/mol. The van der Waals surface area contributed by atoms with Crippen molar-refractivity contribution in [2.45, 2.75) is 0 Å². The molecule has 0 saturated heterocycles. The molecule has 3 aromatic rings. The lowest BCUT2D eigenvalue weighted by atomic mass is 10.2.